The summed E-state index contributed by atoms with van der Waals surface area (Å²) in [5.74, 6) is -0.453. The number of hydrogen-bond donors (Lipinski definition) is 1. The van der Waals surface area contributed by atoms with Gasteiger partial charge in [0.25, 0.3) is 0 Å². The molecule has 0 aliphatic carbocycles. The monoisotopic (exact) mass is 414 g/mol. The van der Waals surface area contributed by atoms with E-state index in [1.165, 1.54) is 18.4 Å². The highest BCUT2D eigenvalue weighted by Gasteiger charge is 2.37. The second kappa shape index (κ2) is 7.33. The second-order valence-electron chi connectivity index (χ2n) is 5.69. The predicted molar refractivity (Wildman–Crippen MR) is 96.2 cm³/mol. The van der Waals surface area contributed by atoms with Gasteiger partial charge in [0.2, 0.25) is 26.0 Å². The first kappa shape index (κ1) is 19.4. The lowest BCUT2D eigenvalue weighted by Gasteiger charge is -2.18. The number of carbonyl (C=O) groups is 1. The van der Waals surface area contributed by atoms with E-state index in [-0.39, 0.29) is 41.7 Å². The summed E-state index contributed by atoms with van der Waals surface area (Å²) in [7, 11) is -7.88. The van der Waals surface area contributed by atoms with Gasteiger partial charge >= 0.3 is 0 Å². The minimum Gasteiger partial charge on any atom is -0.492 e. The van der Waals surface area contributed by atoms with Crippen LogP contribution in [0.2, 0.25) is 0 Å². The van der Waals surface area contributed by atoms with Gasteiger partial charge in [-0.2, -0.15) is 0 Å². The highest BCUT2D eigenvalue weighted by Crippen LogP contribution is 2.32. The fourth-order valence-electron chi connectivity index (χ4n) is 2.63. The molecule has 27 heavy (non-hydrogen) atoms. The number of benzene rings is 1. The van der Waals surface area contributed by atoms with Crippen LogP contribution in [0.4, 0.5) is 5.69 Å². The van der Waals surface area contributed by atoms with Gasteiger partial charge in [0.05, 0.1) is 30.9 Å². The number of ether oxygens (including phenoxy) is 1. The predicted octanol–water partition coefficient (Wildman–Crippen LogP) is 1.22. The van der Waals surface area contributed by atoms with Crippen LogP contribution in [0, 0.1) is 0 Å². The molecule has 0 unspecified atom stereocenters. The molecule has 2 aromatic rings. The van der Waals surface area contributed by atoms with E-state index in [2.05, 4.69) is 4.72 Å². The van der Waals surface area contributed by atoms with Crippen LogP contribution in [-0.2, 0) is 31.4 Å². The van der Waals surface area contributed by atoms with Crippen LogP contribution >= 0.6 is 0 Å². The van der Waals surface area contributed by atoms with Crippen LogP contribution in [0.25, 0.3) is 0 Å². The van der Waals surface area contributed by atoms with Crippen molar-refractivity contribution < 1.29 is 30.8 Å². The Morgan fingerprint density at radius 1 is 1.30 bits per heavy atom. The third-order valence-corrected chi connectivity index (χ3v) is 6.96. The molecule has 0 bridgehead atoms. The summed E-state index contributed by atoms with van der Waals surface area (Å²) < 4.78 is 63.2. The topological polar surface area (TPSA) is 123 Å². The molecule has 1 amide bonds. The van der Waals surface area contributed by atoms with Crippen molar-refractivity contribution in [3.8, 4) is 5.75 Å². The molecule has 0 spiro atoms. The van der Waals surface area contributed by atoms with Gasteiger partial charge in [-0.1, -0.05) is 0 Å². The van der Waals surface area contributed by atoms with E-state index in [9.17, 15) is 21.6 Å². The smallest absolute Gasteiger partial charge is 0.244 e. The largest absolute Gasteiger partial charge is 0.492 e. The number of anilines is 1. The minimum atomic E-state index is -4.06. The number of hydrogen-bond acceptors (Lipinski definition) is 7. The Kier molecular flexibility index (Phi) is 5.27. The van der Waals surface area contributed by atoms with Gasteiger partial charge in [0, 0.05) is 6.42 Å². The minimum absolute atomic E-state index is 0.0423. The fourth-order valence-corrected chi connectivity index (χ4v) is 5.24. The van der Waals surface area contributed by atoms with E-state index in [1.807, 2.05) is 0 Å². The average Bonchev–Trinajstić information content (AvgIpc) is 3.22. The summed E-state index contributed by atoms with van der Waals surface area (Å²) in [6.45, 7) is 1.81. The molecule has 1 aliphatic heterocycles. The van der Waals surface area contributed by atoms with Gasteiger partial charge in [-0.3, -0.25) is 4.79 Å². The first-order chi connectivity index (χ1) is 12.7. The van der Waals surface area contributed by atoms with Gasteiger partial charge < -0.3 is 9.15 Å². The number of nitrogens with zero attached hydrogens (tertiary/aromatic N) is 1. The Hall–Kier alpha value is -2.37. The van der Waals surface area contributed by atoms with E-state index in [1.54, 1.807) is 19.1 Å². The first-order valence-corrected chi connectivity index (χ1v) is 11.2. The van der Waals surface area contributed by atoms with Crippen LogP contribution in [0.1, 0.15) is 19.1 Å². The number of nitrogens with one attached hydrogen (secondary N) is 1. The molecule has 0 saturated carbocycles. The van der Waals surface area contributed by atoms with Gasteiger partial charge in [0.1, 0.15) is 16.4 Å². The molecule has 1 aromatic carbocycles. The van der Waals surface area contributed by atoms with Crippen molar-refractivity contribution in [3.63, 3.8) is 0 Å². The van der Waals surface area contributed by atoms with Gasteiger partial charge in [-0.05, 0) is 37.3 Å². The van der Waals surface area contributed by atoms with Crippen LogP contribution in [-0.4, -0.2) is 35.1 Å². The summed E-state index contributed by atoms with van der Waals surface area (Å²) in [5.41, 5.74) is -0.0423. The zero-order valence-corrected chi connectivity index (χ0v) is 16.0. The SMILES string of the molecule is CCOc1ccc(N2C(=O)CCS2(=O)=O)cc1S(=O)(=O)NCc1ccco1. The van der Waals surface area contributed by atoms with Gasteiger partial charge in [-0.25, -0.2) is 25.9 Å². The Bertz CT molecular complexity index is 1040. The van der Waals surface area contributed by atoms with E-state index < -0.39 is 26.0 Å². The third-order valence-electron chi connectivity index (χ3n) is 3.85. The number of carbonyl (C=O) groups excluding carboxylic acids is 1. The molecule has 1 saturated heterocycles. The first-order valence-electron chi connectivity index (χ1n) is 8.09. The summed E-state index contributed by atoms with van der Waals surface area (Å²) >= 11 is 0. The van der Waals surface area contributed by atoms with Crippen LogP contribution in [0.3, 0.4) is 0 Å². The maximum atomic E-state index is 12.7. The van der Waals surface area contributed by atoms with E-state index in [0.29, 0.717) is 10.1 Å². The standard InChI is InChI=1S/C16H18N2O7S2/c1-2-24-14-6-5-12(18-16(19)7-9-26(18,20)21)10-15(14)27(22,23)17-11-13-4-3-8-25-13/h3-6,8,10,17H,2,7,9,11H2,1H3. The lowest BCUT2D eigenvalue weighted by molar-refractivity contribution is -0.116. The lowest BCUT2D eigenvalue weighted by atomic mass is 10.3. The Morgan fingerprint density at radius 3 is 2.67 bits per heavy atom. The van der Waals surface area contributed by atoms with Crippen LogP contribution in [0.5, 0.6) is 5.75 Å². The number of sulfonamides is 2. The van der Waals surface area contributed by atoms with Crippen molar-refractivity contribution in [3.05, 3.63) is 42.4 Å². The second-order valence-corrected chi connectivity index (χ2v) is 9.36. The molecule has 0 radical (unpaired) electrons. The summed E-state index contributed by atoms with van der Waals surface area (Å²) in [6.07, 6.45) is 1.27. The quantitative estimate of drug-likeness (QED) is 0.723. The molecule has 3 rings (SSSR count). The van der Waals surface area contributed by atoms with E-state index >= 15 is 0 Å². The molecule has 1 N–H and O–H groups in total. The molecule has 2 heterocycles. The van der Waals surface area contributed by atoms with E-state index in [0.717, 1.165) is 6.07 Å². The van der Waals surface area contributed by atoms with Gasteiger partial charge in [-0.15, -0.1) is 0 Å². The van der Waals surface area contributed by atoms with Gasteiger partial charge in [0.15, 0.2) is 0 Å². The summed E-state index contributed by atoms with van der Waals surface area (Å²) in [5, 5.41) is 0. The summed E-state index contributed by atoms with van der Waals surface area (Å²) in [6, 6.07) is 7.03. The highest BCUT2D eigenvalue weighted by molar-refractivity contribution is 7.94. The highest BCUT2D eigenvalue weighted by atomic mass is 32.2. The molecule has 9 nitrogen and oxygen atoms in total. The zero-order chi connectivity index (χ0) is 19.7. The number of rotatable bonds is 7. The average molecular weight is 414 g/mol. The molecule has 11 heteroatoms. The maximum Gasteiger partial charge on any atom is 0.244 e. The molecular formula is C16H18N2O7S2. The van der Waals surface area contributed by atoms with Crippen molar-refractivity contribution in [2.45, 2.75) is 24.8 Å². The maximum absolute atomic E-state index is 12.7. The zero-order valence-electron chi connectivity index (χ0n) is 14.4. The summed E-state index contributed by atoms with van der Waals surface area (Å²) in [4.78, 5) is 11.7. The van der Waals surface area contributed by atoms with Crippen LogP contribution in [0.15, 0.2) is 45.9 Å². The van der Waals surface area contributed by atoms with E-state index in [4.69, 9.17) is 9.15 Å². The molecule has 0 atom stereocenters. The Labute approximate surface area is 157 Å². The van der Waals surface area contributed by atoms with Crippen molar-refractivity contribution in [1.82, 2.24) is 4.72 Å². The van der Waals surface area contributed by atoms with Crippen LogP contribution < -0.4 is 13.8 Å². The number of amides is 1. The fraction of sp³-hybridized carbons (Fsp3) is 0.312. The van der Waals surface area contributed by atoms with Crippen molar-refractivity contribution >= 4 is 31.6 Å². The molecular weight excluding hydrogens is 396 g/mol. The van der Waals surface area contributed by atoms with Crippen molar-refractivity contribution in [1.29, 1.82) is 0 Å². The Morgan fingerprint density at radius 2 is 2.07 bits per heavy atom. The third kappa shape index (κ3) is 3.99. The lowest BCUT2D eigenvalue weighted by Crippen LogP contribution is -2.30. The van der Waals surface area contributed by atoms with Crippen molar-refractivity contribution in [2.24, 2.45) is 0 Å². The van der Waals surface area contributed by atoms with Crippen molar-refractivity contribution in [2.75, 3.05) is 16.7 Å². The molecule has 1 aromatic heterocycles. The normalized spacial score (nSPS) is 16.6. The Balaban J connectivity index is 2.00. The molecule has 1 aliphatic rings. The molecule has 1 fully saturated rings. The molecule has 146 valence electrons. The number of furan rings is 1.